The fraction of sp³-hybridized carbons (Fsp3) is 0.167. The fourth-order valence-electron chi connectivity index (χ4n) is 1.54. The second-order valence-electron chi connectivity index (χ2n) is 3.14. The van der Waals surface area contributed by atoms with Gasteiger partial charge in [-0.1, -0.05) is 42.2 Å². The first-order valence-corrected chi connectivity index (χ1v) is 4.43. The van der Waals surface area contributed by atoms with Gasteiger partial charge in [-0.3, -0.25) is 6.08 Å². The third kappa shape index (κ3) is 2.36. The van der Waals surface area contributed by atoms with Gasteiger partial charge >= 0.3 is 21.1 Å². The van der Waals surface area contributed by atoms with E-state index in [4.69, 9.17) is 5.73 Å². The Kier molecular flexibility index (Phi) is 4.16. The first-order chi connectivity index (χ1) is 6.38. The van der Waals surface area contributed by atoms with Crippen LogP contribution in [0, 0.1) is 6.08 Å². The largest absolute Gasteiger partial charge is 2.00 e. The molecule has 1 unspecified atom stereocenters. The number of hydrogen-bond donors (Lipinski definition) is 0. The monoisotopic (exact) mass is 364 g/mol. The fourth-order valence-corrected chi connectivity index (χ4v) is 1.54. The van der Waals surface area contributed by atoms with Crippen LogP contribution < -0.4 is 0 Å². The van der Waals surface area contributed by atoms with E-state index in [0.29, 0.717) is 5.69 Å². The Labute approximate surface area is 99.0 Å². The summed E-state index contributed by atoms with van der Waals surface area (Å²) in [4.78, 5) is 0. The van der Waals surface area contributed by atoms with Gasteiger partial charge in [0.05, 0.1) is 0 Å². The Bertz CT molecular complexity index is 355. The topological polar surface area (TPSA) is 23.8 Å². The minimum Gasteiger partial charge on any atom is -0.699 e. The summed E-state index contributed by atoms with van der Waals surface area (Å²) in [6.45, 7) is 0. The van der Waals surface area contributed by atoms with E-state index in [-0.39, 0.29) is 27.0 Å². The molecule has 1 atom stereocenters. The molecule has 1 aliphatic rings. The number of allylic oxidation sites excluding steroid dienone is 4. The van der Waals surface area contributed by atoms with Crippen molar-refractivity contribution in [3.05, 3.63) is 59.9 Å². The molecule has 74 valence electrons. The van der Waals surface area contributed by atoms with Crippen LogP contribution in [0.2, 0.25) is 0 Å². The molecule has 0 radical (unpaired) electrons. The third-order valence-electron chi connectivity index (χ3n) is 2.24. The SMILES string of the molecule is [NH-]c1ccccc1C1[C-]=CC=CC1.[Pt+2]. The van der Waals surface area contributed by atoms with Crippen LogP contribution in [0.3, 0.4) is 0 Å². The second-order valence-corrected chi connectivity index (χ2v) is 3.14. The van der Waals surface area contributed by atoms with Crippen LogP contribution in [0.25, 0.3) is 5.73 Å². The van der Waals surface area contributed by atoms with E-state index < -0.39 is 0 Å². The molecule has 0 spiro atoms. The molecule has 2 heteroatoms. The third-order valence-corrected chi connectivity index (χ3v) is 2.24. The van der Waals surface area contributed by atoms with Crippen LogP contribution in [0.5, 0.6) is 0 Å². The van der Waals surface area contributed by atoms with Crippen LogP contribution in [0.1, 0.15) is 17.9 Å². The van der Waals surface area contributed by atoms with Crippen molar-refractivity contribution in [1.29, 1.82) is 0 Å². The van der Waals surface area contributed by atoms with Gasteiger partial charge in [0.25, 0.3) is 0 Å². The van der Waals surface area contributed by atoms with Gasteiger partial charge in [0, 0.05) is 0 Å². The number of benzene rings is 1. The van der Waals surface area contributed by atoms with Gasteiger partial charge in [0.1, 0.15) is 0 Å². The minimum atomic E-state index is 0. The molecule has 0 heterocycles. The maximum Gasteiger partial charge on any atom is 2.00 e. The molecule has 1 N–H and O–H groups in total. The van der Waals surface area contributed by atoms with Crippen LogP contribution in [-0.4, -0.2) is 0 Å². The van der Waals surface area contributed by atoms with Crippen LogP contribution >= 0.6 is 0 Å². The summed E-state index contributed by atoms with van der Waals surface area (Å²) in [7, 11) is 0. The molecule has 1 nitrogen and oxygen atoms in total. The molecule has 2 rings (SSSR count). The van der Waals surface area contributed by atoms with Crippen molar-refractivity contribution in [3.63, 3.8) is 0 Å². The average molecular weight is 364 g/mol. The first kappa shape index (κ1) is 11.3. The number of hydrogen-bond acceptors (Lipinski definition) is 0. The zero-order chi connectivity index (χ0) is 9.10. The van der Waals surface area contributed by atoms with E-state index in [1.807, 2.05) is 36.4 Å². The molecule has 0 aliphatic heterocycles. The van der Waals surface area contributed by atoms with Gasteiger partial charge < -0.3 is 5.73 Å². The van der Waals surface area contributed by atoms with E-state index in [9.17, 15) is 0 Å². The van der Waals surface area contributed by atoms with Gasteiger partial charge in [0.2, 0.25) is 0 Å². The molecular weight excluding hydrogens is 353 g/mol. The molecule has 0 saturated heterocycles. The Balaban J connectivity index is 0.000000980. The second kappa shape index (κ2) is 5.16. The molecule has 0 amide bonds. The molecule has 0 aromatic heterocycles. The molecule has 1 aliphatic carbocycles. The Hall–Kier alpha value is -0.812. The van der Waals surface area contributed by atoms with Crippen LogP contribution in [-0.2, 0) is 21.1 Å². The molecule has 1 aromatic rings. The van der Waals surface area contributed by atoms with Crippen molar-refractivity contribution in [1.82, 2.24) is 0 Å². The van der Waals surface area contributed by atoms with Gasteiger partial charge in [0.15, 0.2) is 0 Å². The molecule has 0 fully saturated rings. The van der Waals surface area contributed by atoms with Gasteiger partial charge in [-0.25, -0.2) is 12.2 Å². The smallest absolute Gasteiger partial charge is 0.699 e. The summed E-state index contributed by atoms with van der Waals surface area (Å²) < 4.78 is 0. The maximum atomic E-state index is 7.73. The maximum absolute atomic E-state index is 7.73. The summed E-state index contributed by atoms with van der Waals surface area (Å²) in [5.74, 6) is 0.277. The number of rotatable bonds is 1. The van der Waals surface area contributed by atoms with E-state index in [1.54, 1.807) is 0 Å². The van der Waals surface area contributed by atoms with E-state index in [2.05, 4.69) is 12.2 Å². The Morgan fingerprint density at radius 3 is 2.71 bits per heavy atom. The van der Waals surface area contributed by atoms with Crippen LogP contribution in [0.4, 0.5) is 5.69 Å². The van der Waals surface area contributed by atoms with Crippen molar-refractivity contribution < 1.29 is 21.1 Å². The van der Waals surface area contributed by atoms with Crippen molar-refractivity contribution in [2.75, 3.05) is 0 Å². The summed E-state index contributed by atoms with van der Waals surface area (Å²) in [5.41, 5.74) is 9.42. The van der Waals surface area contributed by atoms with Crippen molar-refractivity contribution >= 4 is 5.69 Å². The van der Waals surface area contributed by atoms with Gasteiger partial charge in [-0.05, 0) is 0 Å². The van der Waals surface area contributed by atoms with Gasteiger partial charge in [-0.2, -0.15) is 6.08 Å². The summed E-state index contributed by atoms with van der Waals surface area (Å²) in [6.07, 6.45) is 10.3. The zero-order valence-electron chi connectivity index (χ0n) is 7.64. The summed E-state index contributed by atoms with van der Waals surface area (Å²) >= 11 is 0. The first-order valence-electron chi connectivity index (χ1n) is 4.43. The normalized spacial score (nSPS) is 19.0. The summed E-state index contributed by atoms with van der Waals surface area (Å²) in [6, 6.07) is 7.71. The average Bonchev–Trinajstić information content (AvgIpc) is 2.20. The van der Waals surface area contributed by atoms with E-state index in [1.165, 1.54) is 0 Å². The summed E-state index contributed by atoms with van der Waals surface area (Å²) in [5, 5.41) is 0. The predicted molar refractivity (Wildman–Crippen MR) is 54.7 cm³/mol. The zero-order valence-corrected chi connectivity index (χ0v) is 9.91. The minimum absolute atomic E-state index is 0. The molecular formula is C12H11NPt. The Morgan fingerprint density at radius 1 is 1.29 bits per heavy atom. The van der Waals surface area contributed by atoms with Crippen molar-refractivity contribution in [2.45, 2.75) is 12.3 Å². The quantitative estimate of drug-likeness (QED) is 0.678. The number of nitrogens with one attached hydrogen (secondary N) is 1. The Morgan fingerprint density at radius 2 is 2.07 bits per heavy atom. The van der Waals surface area contributed by atoms with E-state index >= 15 is 0 Å². The van der Waals surface area contributed by atoms with E-state index in [0.717, 1.165) is 12.0 Å². The van der Waals surface area contributed by atoms with Gasteiger partial charge in [-0.15, -0.1) is 5.69 Å². The molecule has 0 bridgehead atoms. The predicted octanol–water partition coefficient (Wildman–Crippen LogP) is 3.77. The molecule has 14 heavy (non-hydrogen) atoms. The molecule has 0 saturated carbocycles. The molecule has 1 aromatic carbocycles. The van der Waals surface area contributed by atoms with Crippen LogP contribution in [0.15, 0.2) is 42.5 Å². The van der Waals surface area contributed by atoms with Crippen molar-refractivity contribution in [3.8, 4) is 0 Å². The van der Waals surface area contributed by atoms with Crippen molar-refractivity contribution in [2.24, 2.45) is 0 Å². The standard InChI is InChI=1S/C12H11N.Pt/c13-12-9-5-4-8-11(12)10-6-2-1-3-7-10;/h1-5,8-10,13H,6H2;/q-2;+2.